The smallest absolute Gasteiger partial charge is 0.306 e. The summed E-state index contributed by atoms with van der Waals surface area (Å²) in [5.74, 6) is -0.0264. The maximum absolute atomic E-state index is 12.3. The van der Waals surface area contributed by atoms with Gasteiger partial charge in [0.05, 0.1) is 0 Å². The number of Topliss-reactive ketones (excluding diaryl/α,β-unsaturated/α-hetero) is 1. The summed E-state index contributed by atoms with van der Waals surface area (Å²) in [6.07, 6.45) is 1.14. The maximum Gasteiger partial charge on any atom is 0.306 e. The molecule has 21 heavy (non-hydrogen) atoms. The zero-order valence-corrected chi connectivity index (χ0v) is 12.7. The lowest BCUT2D eigenvalue weighted by Crippen LogP contribution is -2.15. The third-order valence-electron chi connectivity index (χ3n) is 3.46. The quantitative estimate of drug-likeness (QED) is 0.652. The molecular formula is C17H21NO3. The minimum Gasteiger partial charge on any atom is -0.457 e. The molecule has 1 N–H and O–H groups in total. The SMILES string of the molecule is Cc1[nH]c2ccccc2c1C(=O)COC(=O)CCC(C)C. The van der Waals surface area contributed by atoms with E-state index in [-0.39, 0.29) is 18.4 Å². The predicted molar refractivity (Wildman–Crippen MR) is 82.4 cm³/mol. The van der Waals surface area contributed by atoms with E-state index in [1.165, 1.54) is 0 Å². The predicted octanol–water partition coefficient (Wildman–Crippen LogP) is 3.64. The minimum absolute atomic E-state index is 0.164. The van der Waals surface area contributed by atoms with E-state index in [4.69, 9.17) is 4.74 Å². The van der Waals surface area contributed by atoms with Crippen LogP contribution in [0.2, 0.25) is 0 Å². The van der Waals surface area contributed by atoms with Gasteiger partial charge in [-0.25, -0.2) is 0 Å². The molecule has 0 atom stereocenters. The summed E-state index contributed by atoms with van der Waals surface area (Å²) in [6.45, 7) is 5.76. The van der Waals surface area contributed by atoms with Gasteiger partial charge in [-0.3, -0.25) is 9.59 Å². The number of fused-ring (bicyclic) bond motifs is 1. The van der Waals surface area contributed by atoms with Crippen LogP contribution in [0.3, 0.4) is 0 Å². The van der Waals surface area contributed by atoms with Crippen LogP contribution in [-0.4, -0.2) is 23.3 Å². The monoisotopic (exact) mass is 287 g/mol. The number of carbonyl (C=O) groups excluding carboxylic acids is 2. The number of para-hydroxylation sites is 1. The van der Waals surface area contributed by atoms with E-state index in [1.54, 1.807) is 0 Å². The summed E-state index contributed by atoms with van der Waals surface area (Å²) in [7, 11) is 0. The molecule has 0 aliphatic rings. The van der Waals surface area contributed by atoms with Crippen molar-refractivity contribution in [2.24, 2.45) is 5.92 Å². The fourth-order valence-electron chi connectivity index (χ4n) is 2.33. The summed E-state index contributed by atoms with van der Waals surface area (Å²) < 4.78 is 5.08. The van der Waals surface area contributed by atoms with Crippen molar-refractivity contribution >= 4 is 22.7 Å². The number of hydrogen-bond donors (Lipinski definition) is 1. The van der Waals surface area contributed by atoms with E-state index in [0.29, 0.717) is 17.9 Å². The van der Waals surface area contributed by atoms with Crippen LogP contribution in [0.1, 0.15) is 42.7 Å². The Morgan fingerprint density at radius 2 is 1.95 bits per heavy atom. The molecule has 4 heteroatoms. The Morgan fingerprint density at radius 3 is 2.67 bits per heavy atom. The number of benzene rings is 1. The van der Waals surface area contributed by atoms with Crippen LogP contribution in [-0.2, 0) is 9.53 Å². The van der Waals surface area contributed by atoms with E-state index >= 15 is 0 Å². The Balaban J connectivity index is 2.03. The molecule has 0 aliphatic carbocycles. The topological polar surface area (TPSA) is 59.2 Å². The molecule has 1 heterocycles. The van der Waals surface area contributed by atoms with Crippen molar-refractivity contribution < 1.29 is 14.3 Å². The van der Waals surface area contributed by atoms with Crippen molar-refractivity contribution in [3.8, 4) is 0 Å². The highest BCUT2D eigenvalue weighted by atomic mass is 16.5. The number of rotatable bonds is 6. The first-order chi connectivity index (χ1) is 9.99. The van der Waals surface area contributed by atoms with Gasteiger partial charge >= 0.3 is 5.97 Å². The number of ether oxygens (including phenoxy) is 1. The third kappa shape index (κ3) is 3.72. The van der Waals surface area contributed by atoms with Crippen molar-refractivity contribution in [3.05, 3.63) is 35.5 Å². The number of aromatic nitrogens is 1. The number of carbonyl (C=O) groups is 2. The van der Waals surface area contributed by atoms with Crippen LogP contribution in [0, 0.1) is 12.8 Å². The number of hydrogen-bond acceptors (Lipinski definition) is 3. The van der Waals surface area contributed by atoms with E-state index < -0.39 is 0 Å². The highest BCUT2D eigenvalue weighted by Crippen LogP contribution is 2.22. The molecule has 0 saturated heterocycles. The fourth-order valence-corrected chi connectivity index (χ4v) is 2.33. The second-order valence-corrected chi connectivity index (χ2v) is 5.69. The summed E-state index contributed by atoms with van der Waals surface area (Å²) in [5.41, 5.74) is 2.34. The van der Waals surface area contributed by atoms with Crippen molar-refractivity contribution in [3.63, 3.8) is 0 Å². The largest absolute Gasteiger partial charge is 0.457 e. The Hall–Kier alpha value is -2.10. The number of ketones is 1. The van der Waals surface area contributed by atoms with Crippen LogP contribution >= 0.6 is 0 Å². The van der Waals surface area contributed by atoms with Gasteiger partial charge in [0, 0.05) is 28.6 Å². The molecule has 2 rings (SSSR count). The van der Waals surface area contributed by atoms with Gasteiger partial charge in [-0.05, 0) is 25.3 Å². The van der Waals surface area contributed by atoms with Gasteiger partial charge < -0.3 is 9.72 Å². The van der Waals surface area contributed by atoms with Crippen LogP contribution < -0.4 is 0 Å². The number of aryl methyl sites for hydroxylation is 1. The van der Waals surface area contributed by atoms with Gasteiger partial charge in [-0.1, -0.05) is 32.0 Å². The first-order valence-corrected chi connectivity index (χ1v) is 7.25. The van der Waals surface area contributed by atoms with Crippen molar-refractivity contribution in [2.45, 2.75) is 33.6 Å². The van der Waals surface area contributed by atoms with Crippen LogP contribution in [0.25, 0.3) is 10.9 Å². The van der Waals surface area contributed by atoms with Gasteiger partial charge in [-0.15, -0.1) is 0 Å². The van der Waals surface area contributed by atoms with Crippen LogP contribution in [0.15, 0.2) is 24.3 Å². The molecule has 0 fully saturated rings. The molecular weight excluding hydrogens is 266 g/mol. The van der Waals surface area contributed by atoms with Gasteiger partial charge in [0.1, 0.15) is 0 Å². The number of esters is 1. The molecule has 0 radical (unpaired) electrons. The molecule has 0 aliphatic heterocycles. The highest BCUT2D eigenvalue weighted by Gasteiger charge is 2.17. The Kier molecular flexibility index (Phi) is 4.78. The summed E-state index contributed by atoms with van der Waals surface area (Å²) >= 11 is 0. The molecule has 0 saturated carbocycles. The number of nitrogens with one attached hydrogen (secondary N) is 1. The normalized spacial score (nSPS) is 11.0. The molecule has 0 amide bonds. The molecule has 1 aromatic carbocycles. The zero-order chi connectivity index (χ0) is 15.4. The lowest BCUT2D eigenvalue weighted by Gasteiger charge is -2.06. The van der Waals surface area contributed by atoms with E-state index in [0.717, 1.165) is 23.0 Å². The molecule has 2 aromatic rings. The average Bonchev–Trinajstić information content (AvgIpc) is 2.78. The van der Waals surface area contributed by atoms with Gasteiger partial charge in [0.15, 0.2) is 6.61 Å². The average molecular weight is 287 g/mol. The van der Waals surface area contributed by atoms with Crippen molar-refractivity contribution in [1.82, 2.24) is 4.98 Å². The zero-order valence-electron chi connectivity index (χ0n) is 12.7. The number of aromatic amines is 1. The van der Waals surface area contributed by atoms with Crippen molar-refractivity contribution in [2.75, 3.05) is 6.61 Å². The third-order valence-corrected chi connectivity index (χ3v) is 3.46. The first kappa shape index (κ1) is 15.3. The Morgan fingerprint density at radius 1 is 1.24 bits per heavy atom. The van der Waals surface area contributed by atoms with Crippen LogP contribution in [0.5, 0.6) is 0 Å². The van der Waals surface area contributed by atoms with Gasteiger partial charge in [-0.2, -0.15) is 0 Å². The first-order valence-electron chi connectivity index (χ1n) is 7.25. The summed E-state index contributed by atoms with van der Waals surface area (Å²) in [6, 6.07) is 7.62. The number of H-pyrrole nitrogens is 1. The maximum atomic E-state index is 12.3. The molecule has 4 nitrogen and oxygen atoms in total. The molecule has 0 spiro atoms. The lowest BCUT2D eigenvalue weighted by molar-refractivity contribution is -0.142. The standard InChI is InChI=1S/C17H21NO3/c1-11(2)8-9-16(20)21-10-15(19)17-12(3)18-14-7-5-4-6-13(14)17/h4-7,11,18H,8-10H2,1-3H3. The Bertz CT molecular complexity index is 655. The molecule has 0 bridgehead atoms. The lowest BCUT2D eigenvalue weighted by atomic mass is 10.1. The van der Waals surface area contributed by atoms with E-state index in [1.807, 2.05) is 45.0 Å². The second-order valence-electron chi connectivity index (χ2n) is 5.69. The minimum atomic E-state index is -0.311. The summed E-state index contributed by atoms with van der Waals surface area (Å²) in [5, 5.41) is 0.873. The van der Waals surface area contributed by atoms with E-state index in [9.17, 15) is 9.59 Å². The molecule has 0 unspecified atom stereocenters. The van der Waals surface area contributed by atoms with E-state index in [2.05, 4.69) is 4.98 Å². The second kappa shape index (κ2) is 6.57. The van der Waals surface area contributed by atoms with Gasteiger partial charge in [0.2, 0.25) is 5.78 Å². The van der Waals surface area contributed by atoms with Crippen LogP contribution in [0.4, 0.5) is 0 Å². The molecule has 112 valence electrons. The van der Waals surface area contributed by atoms with Gasteiger partial charge in [0.25, 0.3) is 0 Å². The fraction of sp³-hybridized carbons (Fsp3) is 0.412. The molecule has 1 aromatic heterocycles. The summed E-state index contributed by atoms with van der Waals surface area (Å²) in [4.78, 5) is 27.0. The van der Waals surface area contributed by atoms with Crippen molar-refractivity contribution in [1.29, 1.82) is 0 Å². The highest BCUT2D eigenvalue weighted by molar-refractivity contribution is 6.10. The Labute approximate surface area is 124 Å².